The molecule has 0 unspecified atom stereocenters. The van der Waals surface area contributed by atoms with Crippen LogP contribution < -0.4 is 23.7 Å². The predicted octanol–water partition coefficient (Wildman–Crippen LogP) is 6.49. The van der Waals surface area contributed by atoms with Gasteiger partial charge in [-0.3, -0.25) is 0 Å². The van der Waals surface area contributed by atoms with Crippen LogP contribution in [0.1, 0.15) is 107 Å². The van der Waals surface area contributed by atoms with Gasteiger partial charge in [-0.2, -0.15) is 0 Å². The molecule has 1 aliphatic rings. The zero-order valence-electron chi connectivity index (χ0n) is 33.1. The Morgan fingerprint density at radius 1 is 0.300 bits per heavy atom. The fourth-order valence-electron chi connectivity index (χ4n) is 8.04. The molecule has 0 amide bonds. The molecule has 1 aliphatic carbocycles. The first-order valence-electron chi connectivity index (χ1n) is 18.3. The number of carboxylic acid groups (broad SMARTS) is 5. The summed E-state index contributed by atoms with van der Waals surface area (Å²) in [7, 11) is 6.91. The number of aromatic carboxylic acids is 5. The van der Waals surface area contributed by atoms with Gasteiger partial charge in [-0.15, -0.1) is 0 Å². The Kier molecular flexibility index (Phi) is 12.0. The van der Waals surface area contributed by atoms with E-state index in [4.69, 9.17) is 23.7 Å². The van der Waals surface area contributed by atoms with Gasteiger partial charge in [0.05, 0.1) is 63.4 Å². The fourth-order valence-corrected chi connectivity index (χ4v) is 8.04. The fraction of sp³-hybridized carbons (Fsp3) is 0.222. The van der Waals surface area contributed by atoms with Crippen LogP contribution in [0.25, 0.3) is 0 Å². The Labute approximate surface area is 342 Å². The van der Waals surface area contributed by atoms with E-state index in [1.807, 2.05) is 0 Å². The molecule has 0 heterocycles. The summed E-state index contributed by atoms with van der Waals surface area (Å²) in [5, 5.41) is 51.4. The predicted molar refractivity (Wildman–Crippen MR) is 214 cm³/mol. The number of hydrogen-bond donors (Lipinski definition) is 5. The molecule has 0 saturated heterocycles. The maximum atomic E-state index is 12.6. The van der Waals surface area contributed by atoms with Gasteiger partial charge >= 0.3 is 29.8 Å². The third-order valence-electron chi connectivity index (χ3n) is 10.4. The van der Waals surface area contributed by atoms with E-state index in [9.17, 15) is 49.5 Å². The molecular formula is C45H40O15. The van der Waals surface area contributed by atoms with Crippen LogP contribution in [0.2, 0.25) is 0 Å². The minimum atomic E-state index is -1.28. The van der Waals surface area contributed by atoms with Gasteiger partial charge in [-0.05, 0) is 116 Å². The van der Waals surface area contributed by atoms with Gasteiger partial charge < -0.3 is 49.2 Å². The van der Waals surface area contributed by atoms with E-state index in [-0.39, 0.29) is 88.7 Å². The van der Waals surface area contributed by atoms with Crippen molar-refractivity contribution in [3.63, 3.8) is 0 Å². The van der Waals surface area contributed by atoms with Gasteiger partial charge in [0.1, 0.15) is 28.7 Å². The van der Waals surface area contributed by atoms with Gasteiger partial charge in [0, 0.05) is 32.1 Å². The molecular weight excluding hydrogens is 780 g/mol. The second-order valence-electron chi connectivity index (χ2n) is 14.0. The molecule has 0 aliphatic heterocycles. The molecule has 60 heavy (non-hydrogen) atoms. The third-order valence-corrected chi connectivity index (χ3v) is 10.4. The van der Waals surface area contributed by atoms with E-state index in [1.165, 1.54) is 96.2 Å². The number of hydrogen-bond acceptors (Lipinski definition) is 10. The summed E-state index contributed by atoms with van der Waals surface area (Å²) in [5.41, 5.74) is 2.60. The topological polar surface area (TPSA) is 233 Å². The van der Waals surface area contributed by atoms with Crippen LogP contribution in [0.3, 0.4) is 0 Å². The molecule has 15 heteroatoms. The van der Waals surface area contributed by atoms with Crippen molar-refractivity contribution in [1.29, 1.82) is 0 Å². The lowest BCUT2D eigenvalue weighted by Gasteiger charge is -2.22. The largest absolute Gasteiger partial charge is 0.496 e. The number of ether oxygens (including phenoxy) is 5. The zero-order valence-corrected chi connectivity index (χ0v) is 33.1. The van der Waals surface area contributed by atoms with E-state index < -0.39 is 29.8 Å². The molecule has 15 nitrogen and oxygen atoms in total. The van der Waals surface area contributed by atoms with E-state index in [2.05, 4.69) is 0 Å². The van der Waals surface area contributed by atoms with Gasteiger partial charge in [-0.1, -0.05) is 0 Å². The zero-order chi connectivity index (χ0) is 43.6. The van der Waals surface area contributed by atoms with Crippen LogP contribution >= 0.6 is 0 Å². The lowest BCUT2D eigenvalue weighted by molar-refractivity contribution is 0.0685. The minimum Gasteiger partial charge on any atom is -0.496 e. The van der Waals surface area contributed by atoms with Crippen molar-refractivity contribution in [3.05, 3.63) is 144 Å². The second-order valence-corrected chi connectivity index (χ2v) is 14.0. The highest BCUT2D eigenvalue weighted by Gasteiger charge is 2.27. The molecule has 6 rings (SSSR count). The molecule has 0 fully saturated rings. The van der Waals surface area contributed by atoms with Crippen molar-refractivity contribution < 1.29 is 73.2 Å². The van der Waals surface area contributed by atoms with Crippen LogP contribution in [-0.4, -0.2) is 90.9 Å². The maximum Gasteiger partial charge on any atom is 0.335 e. The van der Waals surface area contributed by atoms with Gasteiger partial charge in [0.25, 0.3) is 0 Å². The Bertz CT molecular complexity index is 2070. The summed E-state index contributed by atoms with van der Waals surface area (Å²) in [6, 6.07) is 13.9. The van der Waals surface area contributed by atoms with Crippen molar-refractivity contribution in [2.75, 3.05) is 35.5 Å². The Morgan fingerprint density at radius 2 is 0.417 bits per heavy atom. The van der Waals surface area contributed by atoms with Crippen LogP contribution in [0.15, 0.2) is 60.7 Å². The normalized spacial score (nSPS) is 12.1. The van der Waals surface area contributed by atoms with E-state index in [0.717, 1.165) is 0 Å². The number of rotatable bonds is 10. The molecule has 5 aromatic carbocycles. The second kappa shape index (κ2) is 17.1. The minimum absolute atomic E-state index is 0.0932. The molecule has 5 N–H and O–H groups in total. The summed E-state index contributed by atoms with van der Waals surface area (Å²) < 4.78 is 29.5. The lowest BCUT2D eigenvalue weighted by Crippen LogP contribution is -2.11. The number of carboxylic acids is 5. The monoisotopic (exact) mass is 820 g/mol. The highest BCUT2D eigenvalue weighted by atomic mass is 16.5. The first-order valence-corrected chi connectivity index (χ1v) is 18.3. The smallest absolute Gasteiger partial charge is 0.335 e. The molecule has 0 radical (unpaired) electrons. The summed E-state index contributed by atoms with van der Waals surface area (Å²) in [6.07, 6.45) is -0.466. The highest BCUT2D eigenvalue weighted by molar-refractivity contribution is 5.92. The van der Waals surface area contributed by atoms with Crippen LogP contribution in [-0.2, 0) is 32.1 Å². The van der Waals surface area contributed by atoms with E-state index in [1.54, 1.807) is 0 Å². The molecule has 0 spiro atoms. The average molecular weight is 821 g/mol. The maximum absolute atomic E-state index is 12.6. The summed E-state index contributed by atoms with van der Waals surface area (Å²) >= 11 is 0. The average Bonchev–Trinajstić information content (AvgIpc) is 3.19. The Morgan fingerprint density at radius 3 is 0.500 bits per heavy atom. The number of methoxy groups -OCH3 is 5. The summed E-state index contributed by atoms with van der Waals surface area (Å²) in [5.74, 6) is -5.28. The van der Waals surface area contributed by atoms with Crippen LogP contribution in [0.4, 0.5) is 0 Å². The van der Waals surface area contributed by atoms with Crippen molar-refractivity contribution in [2.24, 2.45) is 0 Å². The molecule has 0 atom stereocenters. The van der Waals surface area contributed by atoms with Crippen molar-refractivity contribution in [2.45, 2.75) is 32.1 Å². The van der Waals surface area contributed by atoms with Crippen molar-refractivity contribution in [1.82, 2.24) is 0 Å². The van der Waals surface area contributed by atoms with E-state index in [0.29, 0.717) is 55.6 Å². The first-order chi connectivity index (χ1) is 28.6. The van der Waals surface area contributed by atoms with Crippen LogP contribution in [0, 0.1) is 0 Å². The summed E-state index contributed by atoms with van der Waals surface area (Å²) in [6.45, 7) is 0. The van der Waals surface area contributed by atoms with Crippen molar-refractivity contribution in [3.8, 4) is 28.7 Å². The van der Waals surface area contributed by atoms with Crippen LogP contribution in [0.5, 0.6) is 28.7 Å². The third kappa shape index (κ3) is 8.23. The Hall–Kier alpha value is -7.55. The van der Waals surface area contributed by atoms with Gasteiger partial charge in [-0.25, -0.2) is 24.0 Å². The van der Waals surface area contributed by atoms with Gasteiger partial charge in [0.2, 0.25) is 0 Å². The van der Waals surface area contributed by atoms with Crippen molar-refractivity contribution >= 4 is 29.8 Å². The number of carbonyl (C=O) groups is 5. The SMILES string of the molecule is COc1c2cc(C(=O)O)cc1Cc1cc(C(=O)O)cc(c1OC)Cc1cc(C(=O)O)cc(c1OC)Cc1cc(C(=O)O)cc(c1OC)Cc1cc(C(=O)O)cc(c1OC)C2. The summed E-state index contributed by atoms with van der Waals surface area (Å²) in [4.78, 5) is 63.0. The Balaban J connectivity index is 1.78. The molecule has 0 saturated carbocycles. The highest BCUT2D eigenvalue weighted by Crippen LogP contribution is 2.41. The number of fused-ring (bicyclic) bond motifs is 10. The molecule has 0 aromatic heterocycles. The van der Waals surface area contributed by atoms with Gasteiger partial charge in [0.15, 0.2) is 0 Å². The molecule has 310 valence electrons. The first kappa shape index (κ1) is 42.1. The van der Waals surface area contributed by atoms with E-state index >= 15 is 0 Å². The molecule has 5 aromatic rings. The quantitative estimate of drug-likeness (QED) is 0.0994. The molecule has 10 bridgehead atoms. The standard InChI is InChI=1S/C45H40O15/c1-56-36-21-6-23-13-32(42(48)49)15-25(37(23)57-2)8-27-17-34(44(52)53)19-29(39(27)59-4)10-30-20-35(45(54)55)18-28(40(30)60-5)9-26-16-33(43(50)51)14-24(38(26)58-3)7-22(36)12-31(11-21)41(46)47/h11-20H,6-10H2,1-5H3,(H,46,47)(H,48,49)(H,50,51)(H,52,53)(H,54,55). The lowest BCUT2D eigenvalue weighted by atomic mass is 9.88. The number of benzene rings is 5.